The van der Waals surface area contributed by atoms with Crippen LogP contribution in [0.2, 0.25) is 0 Å². The van der Waals surface area contributed by atoms with Crippen molar-refractivity contribution in [3.05, 3.63) is 71.3 Å². The highest BCUT2D eigenvalue weighted by atomic mass is 32.2. The van der Waals surface area contributed by atoms with Gasteiger partial charge in [-0.05, 0) is 17.7 Å². The third-order valence-corrected chi connectivity index (χ3v) is 7.24. The summed E-state index contributed by atoms with van der Waals surface area (Å²) < 4.78 is 46.5. The number of ether oxygens (including phenoxy) is 3. The van der Waals surface area contributed by atoms with E-state index in [4.69, 9.17) is 24.1 Å². The molecular formula is C19H22B3NO7S. The Bertz CT molecular complexity index is 1130. The molecule has 0 saturated carbocycles. The Morgan fingerprint density at radius 2 is 1.55 bits per heavy atom. The van der Waals surface area contributed by atoms with Gasteiger partial charge in [-0.15, -0.1) is 0 Å². The molecule has 2 aromatic carbocycles. The number of hydrogen-bond donors (Lipinski definition) is 1. The Morgan fingerprint density at radius 3 is 2.06 bits per heavy atom. The molecular weight excluding hydrogens is 419 g/mol. The van der Waals surface area contributed by atoms with E-state index in [9.17, 15) is 13.2 Å². The summed E-state index contributed by atoms with van der Waals surface area (Å²) in [7, 11) is 2.96. The molecule has 0 radical (unpaired) electrons. The van der Waals surface area contributed by atoms with Gasteiger partial charge < -0.3 is 24.1 Å². The summed E-state index contributed by atoms with van der Waals surface area (Å²) in [6, 6.07) is 13.5. The van der Waals surface area contributed by atoms with Crippen LogP contribution >= 0.6 is 0 Å². The molecule has 1 atom stereocenters. The van der Waals surface area contributed by atoms with E-state index < -0.39 is 37.6 Å². The predicted molar refractivity (Wildman–Crippen MR) is 122 cm³/mol. The van der Waals surface area contributed by atoms with Crippen LogP contribution in [0.25, 0.3) is 0 Å². The highest BCUT2D eigenvalue weighted by Crippen LogP contribution is 2.45. The van der Waals surface area contributed by atoms with E-state index in [2.05, 4.69) is 0 Å². The number of Topliss-reactive ketones (excluding diaryl/α,β-unsaturated/α-hetero) is 1. The molecule has 2 aromatic rings. The van der Waals surface area contributed by atoms with Gasteiger partial charge in [0.15, 0.2) is 13.3 Å². The van der Waals surface area contributed by atoms with E-state index in [1.54, 1.807) is 48.5 Å². The van der Waals surface area contributed by atoms with Gasteiger partial charge in [-0.1, -0.05) is 36.4 Å². The molecule has 0 amide bonds. The van der Waals surface area contributed by atoms with E-state index in [-0.39, 0.29) is 5.56 Å². The van der Waals surface area contributed by atoms with Gasteiger partial charge in [-0.2, -0.15) is 8.42 Å². The molecule has 0 saturated heterocycles. The summed E-state index contributed by atoms with van der Waals surface area (Å²) in [5.41, 5.74) is 4.98. The third kappa shape index (κ3) is 3.65. The molecule has 1 aliphatic heterocycles. The highest BCUT2D eigenvalue weighted by Gasteiger charge is 2.53. The van der Waals surface area contributed by atoms with Gasteiger partial charge in [0.25, 0.3) is 0 Å². The van der Waals surface area contributed by atoms with Crippen molar-refractivity contribution in [2.75, 3.05) is 14.2 Å². The van der Waals surface area contributed by atoms with Gasteiger partial charge in [-0.25, -0.2) is 0 Å². The van der Waals surface area contributed by atoms with E-state index in [1.165, 1.54) is 37.8 Å². The van der Waals surface area contributed by atoms with E-state index >= 15 is 0 Å². The second-order valence-corrected chi connectivity index (χ2v) is 9.70. The average Bonchev–Trinajstić information content (AvgIpc) is 2.96. The van der Waals surface area contributed by atoms with Crippen LogP contribution in [0.15, 0.2) is 60.2 Å². The Hall–Kier alpha value is -3.01. The second kappa shape index (κ2) is 7.92. The highest BCUT2D eigenvalue weighted by molar-refractivity contribution is 7.90. The Balaban J connectivity index is 2.01. The summed E-state index contributed by atoms with van der Waals surface area (Å²) in [6.45, 7) is 0. The largest absolute Gasteiger partial charge is 0.496 e. The number of nitrogens with two attached hydrogens (primary N) is 1. The fourth-order valence-corrected chi connectivity index (χ4v) is 4.41. The number of carbonyl (C=O) groups excluding carboxylic acids is 1. The molecule has 0 spiro atoms. The fraction of sp³-hybridized carbons (Fsp3) is 0.211. The first-order valence-electron chi connectivity index (χ1n) is 9.44. The molecule has 0 bridgehead atoms. The maximum Gasteiger partial charge on any atom is 0.304 e. The third-order valence-electron chi connectivity index (χ3n) is 5.37. The summed E-state index contributed by atoms with van der Waals surface area (Å²) in [5, 5.41) is 0. The standard InChI is InChI=1S/C19H22B3NO7S/c1-27-12-9-6-10-13(28-2)14(12)18(20)16(24)15(17(23)29-18)30-31(25,26)19(21,22)11-7-4-3-5-8-11/h3-10H,20-23H2,1-2H3/t18-/m1/s1. The van der Waals surface area contributed by atoms with Crippen LogP contribution < -0.4 is 15.2 Å². The molecule has 160 valence electrons. The lowest BCUT2D eigenvalue weighted by Crippen LogP contribution is -2.40. The lowest BCUT2D eigenvalue weighted by molar-refractivity contribution is -0.126. The summed E-state index contributed by atoms with van der Waals surface area (Å²) >= 11 is 0. The van der Waals surface area contributed by atoms with E-state index in [0.717, 1.165) is 0 Å². The zero-order chi connectivity index (χ0) is 23.0. The van der Waals surface area contributed by atoms with Crippen molar-refractivity contribution in [1.82, 2.24) is 0 Å². The number of carbonyl (C=O) groups is 1. The quantitative estimate of drug-likeness (QED) is 0.415. The first kappa shape index (κ1) is 22.7. The molecule has 0 aromatic heterocycles. The fourth-order valence-electron chi connectivity index (χ4n) is 3.40. The molecule has 0 aliphatic carbocycles. The molecule has 8 nitrogen and oxygen atoms in total. The van der Waals surface area contributed by atoms with Crippen molar-refractivity contribution in [3.8, 4) is 11.5 Å². The minimum absolute atomic E-state index is 0.270. The summed E-state index contributed by atoms with van der Waals surface area (Å²) in [4.78, 5) is 13.4. The smallest absolute Gasteiger partial charge is 0.304 e. The van der Waals surface area contributed by atoms with E-state index in [1.807, 2.05) is 0 Å². The minimum Gasteiger partial charge on any atom is -0.496 e. The number of rotatable bonds is 7. The lowest BCUT2D eigenvalue weighted by atomic mass is 9.65. The van der Waals surface area contributed by atoms with Crippen LogP contribution in [-0.2, 0) is 33.9 Å². The van der Waals surface area contributed by atoms with Crippen LogP contribution in [0.3, 0.4) is 0 Å². The zero-order valence-electron chi connectivity index (χ0n) is 18.0. The van der Waals surface area contributed by atoms with E-state index in [0.29, 0.717) is 17.1 Å². The average molecular weight is 441 g/mol. The first-order chi connectivity index (χ1) is 14.5. The molecule has 2 N–H and O–H groups in total. The predicted octanol–water partition coefficient (Wildman–Crippen LogP) is -1.36. The maximum atomic E-state index is 13.4. The van der Waals surface area contributed by atoms with Crippen LogP contribution in [0.1, 0.15) is 11.1 Å². The van der Waals surface area contributed by atoms with Gasteiger partial charge in [0, 0.05) is 0 Å². The number of ketones is 1. The summed E-state index contributed by atoms with van der Waals surface area (Å²) in [6.07, 6.45) is 0. The van der Waals surface area contributed by atoms with Crippen LogP contribution in [-0.4, -0.2) is 52.0 Å². The van der Waals surface area contributed by atoms with Crippen molar-refractivity contribution in [1.29, 1.82) is 0 Å². The number of benzene rings is 2. The normalized spacial score (nSPS) is 19.1. The Morgan fingerprint density at radius 1 is 1.00 bits per heavy atom. The molecule has 31 heavy (non-hydrogen) atoms. The molecule has 1 aliphatic rings. The lowest BCUT2D eigenvalue weighted by Gasteiger charge is -2.27. The SMILES string of the molecule is BC(B)(c1ccccc1)S(=O)(=O)OC1=C(N)O[C@](B)(c2c(OC)cccc2OC)C1=O. The molecule has 3 rings (SSSR count). The van der Waals surface area contributed by atoms with Crippen molar-refractivity contribution in [2.45, 2.75) is 10.0 Å². The molecule has 1 heterocycles. The van der Waals surface area contributed by atoms with Gasteiger partial charge >= 0.3 is 10.1 Å². The Kier molecular flexibility index (Phi) is 5.79. The molecule has 0 fully saturated rings. The van der Waals surface area contributed by atoms with Gasteiger partial charge in [0.05, 0.1) is 24.3 Å². The van der Waals surface area contributed by atoms with Gasteiger partial charge in [-0.3, -0.25) is 4.79 Å². The number of hydrogen-bond acceptors (Lipinski definition) is 8. The maximum absolute atomic E-state index is 13.4. The van der Waals surface area contributed by atoms with Crippen LogP contribution in [0, 0.1) is 0 Å². The Labute approximate surface area is 184 Å². The molecule has 0 unspecified atom stereocenters. The zero-order valence-corrected chi connectivity index (χ0v) is 18.8. The minimum atomic E-state index is -4.33. The monoisotopic (exact) mass is 441 g/mol. The van der Waals surface area contributed by atoms with Crippen molar-refractivity contribution < 1.29 is 31.6 Å². The molecule has 12 heteroatoms. The van der Waals surface area contributed by atoms with Crippen molar-refractivity contribution in [2.24, 2.45) is 5.73 Å². The first-order valence-corrected chi connectivity index (χ1v) is 10.8. The topological polar surface area (TPSA) is 114 Å². The van der Waals surface area contributed by atoms with Crippen LogP contribution in [0.4, 0.5) is 0 Å². The van der Waals surface area contributed by atoms with Crippen molar-refractivity contribution >= 4 is 39.4 Å². The van der Waals surface area contributed by atoms with Crippen LogP contribution in [0.5, 0.6) is 11.5 Å². The summed E-state index contributed by atoms with van der Waals surface area (Å²) in [5.74, 6) is -1.15. The number of methoxy groups -OCH3 is 2. The van der Waals surface area contributed by atoms with Gasteiger partial charge in [0.1, 0.15) is 27.2 Å². The van der Waals surface area contributed by atoms with Crippen molar-refractivity contribution in [3.63, 3.8) is 0 Å². The second-order valence-electron chi connectivity index (χ2n) is 7.61. The van der Waals surface area contributed by atoms with Gasteiger partial charge in [0.2, 0.25) is 17.4 Å².